The molecule has 2 N–H and O–H groups in total. The van der Waals surface area contributed by atoms with Gasteiger partial charge in [-0.25, -0.2) is 17.9 Å². The standard InChI is InChI=1S/C20H14ClF3N4O2/c1-9-18(10-2-4-11(21)5-3-10)27-28-14(8-15(29)26-19(9)28)20(30)25-13-7-6-12(22)16(23)17(13)24/h2-7,14H,8H2,1H3,(H,25,30)(H,26,29)/t14-/m1/s1. The number of nitrogens with one attached hydrogen (secondary N) is 2. The van der Waals surface area contributed by atoms with Gasteiger partial charge in [-0.05, 0) is 31.2 Å². The van der Waals surface area contributed by atoms with E-state index in [9.17, 15) is 22.8 Å². The summed E-state index contributed by atoms with van der Waals surface area (Å²) >= 11 is 5.92. The minimum Gasteiger partial charge on any atom is -0.322 e. The summed E-state index contributed by atoms with van der Waals surface area (Å²) in [7, 11) is 0. The monoisotopic (exact) mass is 434 g/mol. The number of hydrogen-bond donors (Lipinski definition) is 2. The van der Waals surface area contributed by atoms with Crippen LogP contribution >= 0.6 is 11.6 Å². The average Bonchev–Trinajstić information content (AvgIpc) is 3.05. The minimum atomic E-state index is -1.70. The van der Waals surface area contributed by atoms with Gasteiger partial charge in [-0.1, -0.05) is 23.7 Å². The molecule has 0 saturated carbocycles. The maximum Gasteiger partial charge on any atom is 0.249 e. The fourth-order valence-electron chi connectivity index (χ4n) is 3.26. The molecule has 2 heterocycles. The Balaban J connectivity index is 1.70. The molecule has 1 aromatic heterocycles. The number of nitrogens with zero attached hydrogens (tertiary/aromatic N) is 2. The third kappa shape index (κ3) is 3.41. The van der Waals surface area contributed by atoms with Gasteiger partial charge < -0.3 is 10.6 Å². The average molecular weight is 435 g/mol. The summed E-state index contributed by atoms with van der Waals surface area (Å²) in [4.78, 5) is 24.9. The Bertz CT molecular complexity index is 1180. The van der Waals surface area contributed by atoms with Crippen molar-refractivity contribution < 1.29 is 22.8 Å². The Kier molecular flexibility index (Phi) is 4.98. The van der Waals surface area contributed by atoms with E-state index < -0.39 is 41.0 Å². The molecule has 154 valence electrons. The lowest BCUT2D eigenvalue weighted by molar-refractivity contribution is -0.125. The van der Waals surface area contributed by atoms with Crippen molar-refractivity contribution in [1.82, 2.24) is 9.78 Å². The zero-order valence-corrected chi connectivity index (χ0v) is 16.2. The number of fused-ring (bicyclic) bond motifs is 1. The first-order valence-electron chi connectivity index (χ1n) is 8.85. The van der Waals surface area contributed by atoms with E-state index in [2.05, 4.69) is 15.7 Å². The van der Waals surface area contributed by atoms with Crippen molar-refractivity contribution in [1.29, 1.82) is 0 Å². The molecule has 0 fully saturated rings. The molecule has 0 unspecified atom stereocenters. The highest BCUT2D eigenvalue weighted by Crippen LogP contribution is 2.35. The second-order valence-electron chi connectivity index (χ2n) is 6.75. The van der Waals surface area contributed by atoms with Gasteiger partial charge in [0.05, 0.1) is 17.8 Å². The first kappa shape index (κ1) is 20.0. The number of benzene rings is 2. The van der Waals surface area contributed by atoms with Crippen LogP contribution in [0.25, 0.3) is 11.3 Å². The summed E-state index contributed by atoms with van der Waals surface area (Å²) in [5, 5.41) is 9.88. The van der Waals surface area contributed by atoms with E-state index in [1.807, 2.05) is 0 Å². The van der Waals surface area contributed by atoms with E-state index >= 15 is 0 Å². The van der Waals surface area contributed by atoms with Gasteiger partial charge in [-0.2, -0.15) is 5.10 Å². The quantitative estimate of drug-likeness (QED) is 0.598. The van der Waals surface area contributed by atoms with Crippen LogP contribution in [0.4, 0.5) is 24.7 Å². The summed E-state index contributed by atoms with van der Waals surface area (Å²) in [6, 6.07) is 7.36. The molecule has 0 aliphatic carbocycles. The summed E-state index contributed by atoms with van der Waals surface area (Å²) in [6.07, 6.45) is -0.259. The fraction of sp³-hybridized carbons (Fsp3) is 0.150. The van der Waals surface area contributed by atoms with Crippen LogP contribution in [-0.2, 0) is 9.59 Å². The van der Waals surface area contributed by atoms with Crippen molar-refractivity contribution in [2.45, 2.75) is 19.4 Å². The van der Waals surface area contributed by atoms with Crippen LogP contribution in [0.15, 0.2) is 36.4 Å². The molecule has 1 aliphatic rings. The van der Waals surface area contributed by atoms with E-state index in [1.165, 1.54) is 4.68 Å². The molecule has 0 saturated heterocycles. The van der Waals surface area contributed by atoms with Crippen molar-refractivity contribution >= 4 is 34.9 Å². The molecule has 3 aromatic rings. The SMILES string of the molecule is Cc1c(-c2ccc(Cl)cc2)nn2c1NC(=O)C[C@@H]2C(=O)Nc1ccc(F)c(F)c1F. The van der Waals surface area contributed by atoms with Crippen LogP contribution in [0, 0.1) is 24.4 Å². The molecule has 2 aromatic carbocycles. The van der Waals surface area contributed by atoms with Crippen LogP contribution in [0.1, 0.15) is 18.0 Å². The van der Waals surface area contributed by atoms with Crippen LogP contribution < -0.4 is 10.6 Å². The number of amides is 2. The van der Waals surface area contributed by atoms with E-state index in [1.54, 1.807) is 31.2 Å². The third-order valence-corrected chi connectivity index (χ3v) is 5.04. The Morgan fingerprint density at radius 3 is 2.57 bits per heavy atom. The number of anilines is 2. The number of aromatic nitrogens is 2. The Hall–Kier alpha value is -3.33. The zero-order chi connectivity index (χ0) is 21.6. The van der Waals surface area contributed by atoms with Crippen molar-refractivity contribution in [2.75, 3.05) is 10.6 Å². The second kappa shape index (κ2) is 7.49. The summed E-state index contributed by atoms with van der Waals surface area (Å²) < 4.78 is 41.9. The van der Waals surface area contributed by atoms with Gasteiger partial charge in [-0.15, -0.1) is 0 Å². The van der Waals surface area contributed by atoms with Gasteiger partial charge in [0.2, 0.25) is 11.8 Å². The van der Waals surface area contributed by atoms with Gasteiger partial charge in [0, 0.05) is 16.1 Å². The van der Waals surface area contributed by atoms with Crippen LogP contribution in [0.3, 0.4) is 0 Å². The highest BCUT2D eigenvalue weighted by Gasteiger charge is 2.34. The minimum absolute atomic E-state index is 0.259. The van der Waals surface area contributed by atoms with Gasteiger partial charge in [0.15, 0.2) is 17.5 Å². The highest BCUT2D eigenvalue weighted by atomic mass is 35.5. The third-order valence-electron chi connectivity index (χ3n) is 4.79. The molecule has 4 rings (SSSR count). The summed E-state index contributed by atoms with van der Waals surface area (Å²) in [6.45, 7) is 1.73. The van der Waals surface area contributed by atoms with Crippen LogP contribution in [0.5, 0.6) is 0 Å². The molecule has 2 amide bonds. The Morgan fingerprint density at radius 1 is 1.17 bits per heavy atom. The van der Waals surface area contributed by atoms with Crippen molar-refractivity contribution in [3.05, 3.63) is 64.4 Å². The van der Waals surface area contributed by atoms with E-state index in [-0.39, 0.29) is 6.42 Å². The molecule has 0 radical (unpaired) electrons. The largest absolute Gasteiger partial charge is 0.322 e. The van der Waals surface area contributed by atoms with E-state index in [4.69, 9.17) is 11.6 Å². The zero-order valence-electron chi connectivity index (χ0n) is 15.5. The molecule has 30 heavy (non-hydrogen) atoms. The predicted octanol–water partition coefficient (Wildman–Crippen LogP) is 4.45. The molecule has 1 atom stereocenters. The molecular weight excluding hydrogens is 421 g/mol. The Morgan fingerprint density at radius 2 is 1.87 bits per heavy atom. The summed E-state index contributed by atoms with van der Waals surface area (Å²) in [5.41, 5.74) is 1.34. The molecule has 0 bridgehead atoms. The van der Waals surface area contributed by atoms with E-state index in [0.29, 0.717) is 28.2 Å². The van der Waals surface area contributed by atoms with Crippen LogP contribution in [-0.4, -0.2) is 21.6 Å². The molecular formula is C20H14ClF3N4O2. The van der Waals surface area contributed by atoms with Gasteiger partial charge in [-0.3, -0.25) is 9.59 Å². The number of carbonyl (C=O) groups is 2. The number of rotatable bonds is 3. The maximum atomic E-state index is 13.9. The second-order valence-corrected chi connectivity index (χ2v) is 7.19. The predicted molar refractivity (Wildman–Crippen MR) is 105 cm³/mol. The van der Waals surface area contributed by atoms with E-state index in [0.717, 1.165) is 11.6 Å². The highest BCUT2D eigenvalue weighted by molar-refractivity contribution is 6.30. The molecule has 10 heteroatoms. The van der Waals surface area contributed by atoms with Crippen molar-refractivity contribution in [2.24, 2.45) is 0 Å². The van der Waals surface area contributed by atoms with Crippen molar-refractivity contribution in [3.63, 3.8) is 0 Å². The van der Waals surface area contributed by atoms with Gasteiger partial charge >= 0.3 is 0 Å². The fourth-order valence-corrected chi connectivity index (χ4v) is 3.39. The molecule has 6 nitrogen and oxygen atoms in total. The lowest BCUT2D eigenvalue weighted by Gasteiger charge is -2.24. The number of halogens is 4. The topological polar surface area (TPSA) is 76.0 Å². The summed E-state index contributed by atoms with van der Waals surface area (Å²) in [5.74, 6) is -5.50. The van der Waals surface area contributed by atoms with Crippen LogP contribution in [0.2, 0.25) is 5.02 Å². The van der Waals surface area contributed by atoms with Gasteiger partial charge in [0.1, 0.15) is 11.9 Å². The number of hydrogen-bond acceptors (Lipinski definition) is 3. The normalized spacial score (nSPS) is 15.5. The number of carbonyl (C=O) groups excluding carboxylic acids is 2. The smallest absolute Gasteiger partial charge is 0.249 e. The maximum absolute atomic E-state index is 13.9. The molecule has 0 spiro atoms. The Labute approximate surface area is 173 Å². The van der Waals surface area contributed by atoms with Crippen molar-refractivity contribution in [3.8, 4) is 11.3 Å². The molecule has 1 aliphatic heterocycles. The first-order chi connectivity index (χ1) is 14.3. The lowest BCUT2D eigenvalue weighted by atomic mass is 10.1. The lowest BCUT2D eigenvalue weighted by Crippen LogP contribution is -2.36. The first-order valence-corrected chi connectivity index (χ1v) is 9.23. The van der Waals surface area contributed by atoms with Gasteiger partial charge in [0.25, 0.3) is 0 Å².